The van der Waals surface area contributed by atoms with Crippen LogP contribution in [0.4, 0.5) is 0 Å². The van der Waals surface area contributed by atoms with Crippen molar-refractivity contribution >= 4 is 17.7 Å². The summed E-state index contributed by atoms with van der Waals surface area (Å²) in [4.78, 5) is 14.3. The molecule has 0 spiro atoms. The van der Waals surface area contributed by atoms with Crippen molar-refractivity contribution in [3.05, 3.63) is 0 Å². The zero-order valence-corrected chi connectivity index (χ0v) is 12.5. The van der Waals surface area contributed by atoms with Crippen molar-refractivity contribution in [2.24, 2.45) is 0 Å². The van der Waals surface area contributed by atoms with Gasteiger partial charge in [-0.15, -0.1) is 11.8 Å². The van der Waals surface area contributed by atoms with Crippen molar-refractivity contribution in [3.8, 4) is 0 Å². The highest BCUT2D eigenvalue weighted by molar-refractivity contribution is 8.00. The molecule has 4 nitrogen and oxygen atoms in total. The second-order valence-electron chi connectivity index (χ2n) is 5.51. The molecule has 0 radical (unpaired) electrons. The summed E-state index contributed by atoms with van der Waals surface area (Å²) in [6.45, 7) is 2.75. The summed E-state index contributed by atoms with van der Waals surface area (Å²) in [5.74, 6) is 0.811. The van der Waals surface area contributed by atoms with Crippen molar-refractivity contribution < 1.29 is 9.90 Å². The number of aliphatic hydroxyl groups is 1. The number of amides is 1. The summed E-state index contributed by atoms with van der Waals surface area (Å²) in [7, 11) is 0. The van der Waals surface area contributed by atoms with E-state index < -0.39 is 0 Å². The Labute approximate surface area is 120 Å². The molecule has 1 aliphatic carbocycles. The van der Waals surface area contributed by atoms with E-state index in [0.29, 0.717) is 23.6 Å². The molecule has 1 aliphatic heterocycles. The van der Waals surface area contributed by atoms with Crippen LogP contribution >= 0.6 is 11.8 Å². The SMILES string of the molecule is O=C(CSC1CCNCC1)N(CCO)C1CCCC1. The van der Waals surface area contributed by atoms with Gasteiger partial charge in [-0.3, -0.25) is 4.79 Å². The van der Waals surface area contributed by atoms with Gasteiger partial charge in [-0.25, -0.2) is 0 Å². The lowest BCUT2D eigenvalue weighted by molar-refractivity contribution is -0.131. The first-order valence-electron chi connectivity index (χ1n) is 7.54. The van der Waals surface area contributed by atoms with Gasteiger partial charge in [0.15, 0.2) is 0 Å². The lowest BCUT2D eigenvalue weighted by atomic mass is 10.2. The minimum atomic E-state index is 0.0836. The van der Waals surface area contributed by atoms with Crippen LogP contribution in [0.2, 0.25) is 0 Å². The number of carbonyl (C=O) groups is 1. The predicted octanol–water partition coefficient (Wildman–Crippen LogP) is 1.24. The average molecular weight is 286 g/mol. The van der Waals surface area contributed by atoms with Crippen LogP contribution in [-0.2, 0) is 4.79 Å². The Bertz CT molecular complexity index is 277. The first kappa shape index (κ1) is 15.1. The van der Waals surface area contributed by atoms with Crippen LogP contribution in [0.3, 0.4) is 0 Å². The fourth-order valence-corrected chi connectivity index (χ4v) is 4.18. The molecule has 0 aromatic rings. The maximum absolute atomic E-state index is 12.3. The average Bonchev–Trinajstić information content (AvgIpc) is 2.97. The maximum atomic E-state index is 12.3. The Morgan fingerprint density at radius 3 is 2.53 bits per heavy atom. The number of nitrogens with one attached hydrogen (secondary N) is 1. The van der Waals surface area contributed by atoms with E-state index in [1.54, 1.807) is 11.8 Å². The topological polar surface area (TPSA) is 52.6 Å². The van der Waals surface area contributed by atoms with Crippen LogP contribution in [0, 0.1) is 0 Å². The zero-order valence-electron chi connectivity index (χ0n) is 11.6. The van der Waals surface area contributed by atoms with Crippen molar-refractivity contribution in [1.82, 2.24) is 10.2 Å². The maximum Gasteiger partial charge on any atom is 0.232 e. The molecule has 110 valence electrons. The highest BCUT2D eigenvalue weighted by Gasteiger charge is 2.26. The van der Waals surface area contributed by atoms with E-state index in [1.807, 2.05) is 4.90 Å². The normalized spacial score (nSPS) is 21.7. The molecule has 2 rings (SSSR count). The molecule has 1 amide bonds. The van der Waals surface area contributed by atoms with Gasteiger partial charge in [0.05, 0.1) is 12.4 Å². The summed E-state index contributed by atoms with van der Waals surface area (Å²) in [5, 5.41) is 13.1. The molecule has 2 N–H and O–H groups in total. The van der Waals surface area contributed by atoms with Crippen molar-refractivity contribution in [3.63, 3.8) is 0 Å². The van der Waals surface area contributed by atoms with Gasteiger partial charge < -0.3 is 15.3 Å². The molecule has 1 saturated carbocycles. The first-order chi connectivity index (χ1) is 9.31. The van der Waals surface area contributed by atoms with Gasteiger partial charge in [-0.05, 0) is 38.8 Å². The fraction of sp³-hybridized carbons (Fsp3) is 0.929. The summed E-state index contributed by atoms with van der Waals surface area (Å²) in [6.07, 6.45) is 7.01. The van der Waals surface area contributed by atoms with Crippen molar-refractivity contribution in [2.45, 2.75) is 49.8 Å². The van der Waals surface area contributed by atoms with Gasteiger partial charge in [0.25, 0.3) is 0 Å². The Kier molecular flexibility index (Phi) is 6.47. The van der Waals surface area contributed by atoms with Crippen molar-refractivity contribution in [2.75, 3.05) is 32.0 Å². The van der Waals surface area contributed by atoms with Gasteiger partial charge in [0.2, 0.25) is 5.91 Å². The standard InChI is InChI=1S/C14H26N2O2S/c17-10-9-16(12-3-1-2-4-12)14(18)11-19-13-5-7-15-8-6-13/h12-13,15,17H,1-11H2. The number of rotatable bonds is 6. The summed E-state index contributed by atoms with van der Waals surface area (Å²) in [5.41, 5.74) is 0. The molecule has 1 saturated heterocycles. The van der Waals surface area contributed by atoms with E-state index in [-0.39, 0.29) is 12.5 Å². The second-order valence-corrected chi connectivity index (χ2v) is 6.80. The highest BCUT2D eigenvalue weighted by Crippen LogP contribution is 2.25. The molecule has 0 aromatic carbocycles. The number of nitrogens with zero attached hydrogens (tertiary/aromatic N) is 1. The van der Waals surface area contributed by atoms with E-state index in [2.05, 4.69) is 5.32 Å². The number of thioether (sulfide) groups is 1. The van der Waals surface area contributed by atoms with Crippen LogP contribution in [0.25, 0.3) is 0 Å². The second kappa shape index (κ2) is 8.12. The molecule has 2 aliphatic rings. The number of piperidine rings is 1. The molecule has 0 unspecified atom stereocenters. The number of hydrogen-bond acceptors (Lipinski definition) is 4. The number of hydrogen-bond donors (Lipinski definition) is 2. The third-order valence-corrected chi connectivity index (χ3v) is 5.51. The molecule has 5 heteroatoms. The molecular formula is C14H26N2O2S. The first-order valence-corrected chi connectivity index (χ1v) is 8.59. The summed E-state index contributed by atoms with van der Waals surface area (Å²) < 4.78 is 0. The lowest BCUT2D eigenvalue weighted by Gasteiger charge is -2.29. The monoisotopic (exact) mass is 286 g/mol. The van der Waals surface area contributed by atoms with E-state index >= 15 is 0 Å². The summed E-state index contributed by atoms with van der Waals surface area (Å²) in [6, 6.07) is 0.383. The van der Waals surface area contributed by atoms with E-state index in [4.69, 9.17) is 5.11 Å². The highest BCUT2D eigenvalue weighted by atomic mass is 32.2. The Balaban J connectivity index is 1.77. The molecule has 1 heterocycles. The fourth-order valence-electron chi connectivity index (χ4n) is 3.07. The van der Waals surface area contributed by atoms with Crippen LogP contribution in [0.15, 0.2) is 0 Å². The third kappa shape index (κ3) is 4.65. The molecule has 2 fully saturated rings. The van der Waals surface area contributed by atoms with Crippen LogP contribution < -0.4 is 5.32 Å². The predicted molar refractivity (Wildman–Crippen MR) is 79.4 cm³/mol. The van der Waals surface area contributed by atoms with Gasteiger partial charge in [0.1, 0.15) is 0 Å². The quantitative estimate of drug-likeness (QED) is 0.771. The Morgan fingerprint density at radius 1 is 1.21 bits per heavy atom. The largest absolute Gasteiger partial charge is 0.395 e. The van der Waals surface area contributed by atoms with Gasteiger partial charge in [-0.2, -0.15) is 0 Å². The minimum absolute atomic E-state index is 0.0836. The molecule has 19 heavy (non-hydrogen) atoms. The smallest absolute Gasteiger partial charge is 0.232 e. The molecule has 0 aromatic heterocycles. The number of carbonyl (C=O) groups excluding carboxylic acids is 1. The Morgan fingerprint density at radius 2 is 1.89 bits per heavy atom. The van der Waals surface area contributed by atoms with Gasteiger partial charge in [-0.1, -0.05) is 12.8 Å². The van der Waals surface area contributed by atoms with Gasteiger partial charge >= 0.3 is 0 Å². The molecule has 0 atom stereocenters. The van der Waals surface area contributed by atoms with Crippen LogP contribution in [0.1, 0.15) is 38.5 Å². The molecule has 0 bridgehead atoms. The van der Waals surface area contributed by atoms with Crippen LogP contribution in [0.5, 0.6) is 0 Å². The minimum Gasteiger partial charge on any atom is -0.395 e. The third-order valence-electron chi connectivity index (χ3n) is 4.16. The number of aliphatic hydroxyl groups excluding tert-OH is 1. The zero-order chi connectivity index (χ0) is 13.5. The van der Waals surface area contributed by atoms with E-state index in [1.165, 1.54) is 25.7 Å². The summed E-state index contributed by atoms with van der Waals surface area (Å²) >= 11 is 1.81. The van der Waals surface area contributed by atoms with E-state index in [9.17, 15) is 4.79 Å². The van der Waals surface area contributed by atoms with Gasteiger partial charge in [0, 0.05) is 17.8 Å². The lowest BCUT2D eigenvalue weighted by Crippen LogP contribution is -2.42. The molecular weight excluding hydrogens is 260 g/mol. The van der Waals surface area contributed by atoms with Crippen molar-refractivity contribution in [1.29, 1.82) is 0 Å². The van der Waals surface area contributed by atoms with E-state index in [0.717, 1.165) is 25.9 Å². The van der Waals surface area contributed by atoms with Crippen LogP contribution in [-0.4, -0.2) is 59.2 Å². The Hall–Kier alpha value is -0.260.